The molecule has 8 heteroatoms. The molecule has 0 radical (unpaired) electrons. The van der Waals surface area contributed by atoms with Gasteiger partial charge in [-0.05, 0) is 19.4 Å². The first-order chi connectivity index (χ1) is 13.4. The minimum Gasteiger partial charge on any atom is -0.498 e. The van der Waals surface area contributed by atoms with Gasteiger partial charge in [0.15, 0.2) is 11.6 Å². The summed E-state index contributed by atoms with van der Waals surface area (Å²) in [5, 5.41) is 21.8. The van der Waals surface area contributed by atoms with Crippen LogP contribution >= 0.6 is 0 Å². The van der Waals surface area contributed by atoms with E-state index in [9.17, 15) is 19.8 Å². The van der Waals surface area contributed by atoms with E-state index in [2.05, 4.69) is 0 Å². The zero-order valence-corrected chi connectivity index (χ0v) is 15.3. The molecule has 0 unspecified atom stereocenters. The lowest BCUT2D eigenvalue weighted by Crippen LogP contribution is -2.72. The van der Waals surface area contributed by atoms with E-state index < -0.39 is 54.1 Å². The number of hydrogen-bond donors (Lipinski definition) is 2. The van der Waals surface area contributed by atoms with Crippen LogP contribution in [0.5, 0.6) is 0 Å². The predicted molar refractivity (Wildman–Crippen MR) is 88.8 cm³/mol. The smallest absolute Gasteiger partial charge is 0.190 e. The van der Waals surface area contributed by atoms with E-state index in [4.69, 9.17) is 18.9 Å². The van der Waals surface area contributed by atoms with Crippen molar-refractivity contribution in [2.24, 2.45) is 17.3 Å². The molecule has 8 aliphatic rings. The molecular formula is C20H20O8. The van der Waals surface area contributed by atoms with Crippen LogP contribution < -0.4 is 0 Å². The van der Waals surface area contributed by atoms with Crippen LogP contribution in [-0.4, -0.2) is 76.7 Å². The van der Waals surface area contributed by atoms with Crippen LogP contribution in [0.4, 0.5) is 0 Å². The number of carbonyl (C=O) groups is 2. The molecule has 5 aliphatic heterocycles. The third-order valence-electron chi connectivity index (χ3n) is 8.00. The third kappa shape index (κ3) is 1.47. The first-order valence-corrected chi connectivity index (χ1v) is 9.90. The Morgan fingerprint density at radius 1 is 0.964 bits per heavy atom. The first kappa shape index (κ1) is 16.2. The molecule has 0 aromatic rings. The van der Waals surface area contributed by atoms with Crippen LogP contribution in [0, 0.1) is 17.3 Å². The van der Waals surface area contributed by atoms with E-state index in [-0.39, 0.29) is 29.7 Å². The van der Waals surface area contributed by atoms with Crippen molar-refractivity contribution >= 4 is 11.6 Å². The highest BCUT2D eigenvalue weighted by molar-refractivity contribution is 6.06. The van der Waals surface area contributed by atoms with Gasteiger partial charge in [0, 0.05) is 23.0 Å². The molecule has 12 atom stereocenters. The second kappa shape index (κ2) is 4.60. The number of aliphatic hydroxyl groups excluding tert-OH is 2. The van der Waals surface area contributed by atoms with Crippen molar-refractivity contribution < 1.29 is 38.7 Å². The highest BCUT2D eigenvalue weighted by atomic mass is 16.6. The van der Waals surface area contributed by atoms with Gasteiger partial charge in [0.2, 0.25) is 0 Å². The SMILES string of the molecule is C[C@@H]1OC=C2[C@H](O)[C@H]3O[C@H]3C(=O)[C@]23[C@H]1[C@H]1C2=C([C@H](O)[C@H]4O[C@H]4C2=O)[C@@H]3O[C@@H]1C. The number of hydrogen-bond acceptors (Lipinski definition) is 8. The Labute approximate surface area is 160 Å². The van der Waals surface area contributed by atoms with E-state index in [1.807, 2.05) is 13.8 Å². The summed E-state index contributed by atoms with van der Waals surface area (Å²) in [6.45, 7) is 3.77. The average Bonchev–Trinajstić information content (AvgIpc) is 3.57. The van der Waals surface area contributed by atoms with E-state index >= 15 is 0 Å². The van der Waals surface area contributed by atoms with Gasteiger partial charge in [-0.3, -0.25) is 9.59 Å². The van der Waals surface area contributed by atoms with E-state index in [1.54, 1.807) is 0 Å². The summed E-state index contributed by atoms with van der Waals surface area (Å²) in [5.41, 5.74) is 0.269. The quantitative estimate of drug-likeness (QED) is 0.509. The van der Waals surface area contributed by atoms with Gasteiger partial charge in [0.1, 0.15) is 36.6 Å². The van der Waals surface area contributed by atoms with Crippen molar-refractivity contribution in [2.75, 3.05) is 0 Å². The zero-order valence-electron chi connectivity index (χ0n) is 15.3. The molecule has 1 saturated carbocycles. The summed E-state index contributed by atoms with van der Waals surface area (Å²) in [6.07, 6.45) is -4.40. The van der Waals surface area contributed by atoms with Crippen molar-refractivity contribution in [2.45, 2.75) is 68.8 Å². The topological polar surface area (TPSA) is 118 Å². The molecule has 1 spiro atoms. The second-order valence-corrected chi connectivity index (χ2v) is 9.09. The maximum atomic E-state index is 13.7. The third-order valence-corrected chi connectivity index (χ3v) is 8.00. The normalized spacial score (nSPS) is 60.0. The van der Waals surface area contributed by atoms with E-state index in [1.165, 1.54) is 6.26 Å². The Morgan fingerprint density at radius 2 is 1.68 bits per heavy atom. The van der Waals surface area contributed by atoms with E-state index in [0.29, 0.717) is 16.7 Å². The molecule has 0 aromatic carbocycles. The maximum Gasteiger partial charge on any atom is 0.190 e. The monoisotopic (exact) mass is 388 g/mol. The van der Waals surface area contributed by atoms with Gasteiger partial charge >= 0.3 is 0 Å². The van der Waals surface area contributed by atoms with Crippen LogP contribution in [-0.2, 0) is 28.5 Å². The van der Waals surface area contributed by atoms with Crippen molar-refractivity contribution in [3.8, 4) is 0 Å². The summed E-state index contributed by atoms with van der Waals surface area (Å²) in [7, 11) is 0. The van der Waals surface area contributed by atoms with Gasteiger partial charge in [-0.2, -0.15) is 0 Å². The maximum absolute atomic E-state index is 13.7. The lowest BCUT2D eigenvalue weighted by Gasteiger charge is -2.63. The fourth-order valence-electron chi connectivity index (χ4n) is 6.86. The van der Waals surface area contributed by atoms with E-state index in [0.717, 1.165) is 0 Å². The molecule has 3 saturated heterocycles. The van der Waals surface area contributed by atoms with Gasteiger partial charge in [0.05, 0.1) is 30.0 Å². The Bertz CT molecular complexity index is 921. The standard InChI is InChI=1S/C20H20O8/c1-4-7-8-9(13(23)16-15(27-16)12(8)22)19(26-4)20-6(3-25-5(2)10(7)20)11(21)14-17(28-14)18(20)24/h3-5,7,10-11,13-17,19,21,23H,1-2H3/t4-,5+,7-,10-,11+,13+,14-,15+,16-,17-,19+,20-/m1/s1. The van der Waals surface area contributed by atoms with Gasteiger partial charge in [-0.1, -0.05) is 0 Å². The Hall–Kier alpha value is -1.58. The van der Waals surface area contributed by atoms with Gasteiger partial charge in [-0.15, -0.1) is 0 Å². The summed E-state index contributed by atoms with van der Waals surface area (Å²) in [6, 6.07) is 0. The Morgan fingerprint density at radius 3 is 2.46 bits per heavy atom. The molecular weight excluding hydrogens is 368 g/mol. The minimum absolute atomic E-state index is 0.113. The van der Waals surface area contributed by atoms with Crippen molar-refractivity contribution in [3.05, 3.63) is 23.0 Å². The molecule has 0 amide bonds. The number of carbonyl (C=O) groups excluding carboxylic acids is 2. The van der Waals surface area contributed by atoms with Crippen LogP contribution in [0.15, 0.2) is 23.0 Å². The number of rotatable bonds is 0. The molecule has 8 rings (SSSR count). The zero-order chi connectivity index (χ0) is 19.3. The van der Waals surface area contributed by atoms with Crippen molar-refractivity contribution in [1.29, 1.82) is 0 Å². The molecule has 2 bridgehead atoms. The molecule has 3 aliphatic carbocycles. The number of aliphatic hydroxyl groups is 2. The summed E-state index contributed by atoms with van der Waals surface area (Å²) >= 11 is 0. The van der Waals surface area contributed by atoms with Crippen LogP contribution in [0.2, 0.25) is 0 Å². The summed E-state index contributed by atoms with van der Waals surface area (Å²) < 4.78 is 23.1. The predicted octanol–water partition coefficient (Wildman–Crippen LogP) is -0.973. The number of epoxide rings is 2. The highest BCUT2D eigenvalue weighted by Crippen LogP contribution is 2.67. The van der Waals surface area contributed by atoms with Gasteiger partial charge in [0.25, 0.3) is 0 Å². The molecule has 148 valence electrons. The lowest BCUT2D eigenvalue weighted by molar-refractivity contribution is -0.210. The molecule has 8 nitrogen and oxygen atoms in total. The highest BCUT2D eigenvalue weighted by Gasteiger charge is 2.78. The molecule has 2 N–H and O–H groups in total. The first-order valence-electron chi connectivity index (χ1n) is 9.90. The molecule has 4 fully saturated rings. The largest absolute Gasteiger partial charge is 0.498 e. The van der Waals surface area contributed by atoms with Crippen LogP contribution in [0.1, 0.15) is 13.8 Å². The second-order valence-electron chi connectivity index (χ2n) is 9.09. The fraction of sp³-hybridized carbons (Fsp3) is 0.700. The molecule has 5 heterocycles. The Balaban J connectivity index is 1.52. The number of ketones is 2. The average molecular weight is 388 g/mol. The van der Waals surface area contributed by atoms with Crippen LogP contribution in [0.3, 0.4) is 0 Å². The van der Waals surface area contributed by atoms with Crippen molar-refractivity contribution in [3.63, 3.8) is 0 Å². The number of fused-ring (bicyclic) bond motifs is 3. The lowest BCUT2D eigenvalue weighted by atomic mass is 9.45. The Kier molecular flexibility index (Phi) is 2.67. The molecule has 28 heavy (non-hydrogen) atoms. The fourth-order valence-corrected chi connectivity index (χ4v) is 6.86. The minimum atomic E-state index is -1.19. The van der Waals surface area contributed by atoms with Gasteiger partial charge < -0.3 is 29.2 Å². The number of ether oxygens (including phenoxy) is 4. The van der Waals surface area contributed by atoms with Crippen molar-refractivity contribution in [1.82, 2.24) is 0 Å². The molecule has 0 aromatic heterocycles. The number of Topliss-reactive ketones (excluding diaryl/α,β-unsaturated/α-hetero) is 2. The summed E-state index contributed by atoms with van der Waals surface area (Å²) in [4.78, 5) is 26.7. The summed E-state index contributed by atoms with van der Waals surface area (Å²) in [5.74, 6) is -1.05. The van der Waals surface area contributed by atoms with Crippen LogP contribution in [0.25, 0.3) is 0 Å². The van der Waals surface area contributed by atoms with Gasteiger partial charge in [-0.25, -0.2) is 0 Å².